The predicted molar refractivity (Wildman–Crippen MR) is 83.7 cm³/mol. The van der Waals surface area contributed by atoms with Crippen molar-refractivity contribution in [2.24, 2.45) is 5.92 Å². The standard InChI is InChI=1S/C14H21N3O3S/c1-3-21(19,20)17-12-6-4-11(5-7-12)16-14(18)13-8-9-15-10(13)2/h4-7,10,13,15,17H,3,8-9H2,1-2H3,(H,16,18). The Balaban J connectivity index is 1.98. The Morgan fingerprint density at radius 2 is 1.90 bits per heavy atom. The largest absolute Gasteiger partial charge is 0.326 e. The Morgan fingerprint density at radius 1 is 1.29 bits per heavy atom. The molecule has 1 fully saturated rings. The highest BCUT2D eigenvalue weighted by Crippen LogP contribution is 2.19. The lowest BCUT2D eigenvalue weighted by atomic mass is 10.0. The highest BCUT2D eigenvalue weighted by molar-refractivity contribution is 7.92. The molecule has 2 unspecified atom stereocenters. The van der Waals surface area contributed by atoms with Gasteiger partial charge in [-0.25, -0.2) is 8.42 Å². The lowest BCUT2D eigenvalue weighted by Gasteiger charge is -2.15. The van der Waals surface area contributed by atoms with E-state index in [2.05, 4.69) is 15.4 Å². The van der Waals surface area contributed by atoms with E-state index in [0.717, 1.165) is 13.0 Å². The topological polar surface area (TPSA) is 87.3 Å². The predicted octanol–water partition coefficient (Wildman–Crippen LogP) is 1.38. The summed E-state index contributed by atoms with van der Waals surface area (Å²) in [6.45, 7) is 4.44. The van der Waals surface area contributed by atoms with Crippen LogP contribution in [0.4, 0.5) is 11.4 Å². The van der Waals surface area contributed by atoms with Crippen LogP contribution in [0.15, 0.2) is 24.3 Å². The highest BCUT2D eigenvalue weighted by atomic mass is 32.2. The van der Waals surface area contributed by atoms with E-state index in [-0.39, 0.29) is 23.6 Å². The molecule has 0 radical (unpaired) electrons. The minimum absolute atomic E-state index is 0.00520. The summed E-state index contributed by atoms with van der Waals surface area (Å²) in [6.07, 6.45) is 0.835. The van der Waals surface area contributed by atoms with Crippen molar-refractivity contribution in [3.05, 3.63) is 24.3 Å². The summed E-state index contributed by atoms with van der Waals surface area (Å²) in [5.41, 5.74) is 1.16. The normalized spacial score (nSPS) is 22.0. The van der Waals surface area contributed by atoms with Gasteiger partial charge in [0.1, 0.15) is 0 Å². The van der Waals surface area contributed by atoms with Crippen LogP contribution in [0, 0.1) is 5.92 Å². The fourth-order valence-corrected chi connectivity index (χ4v) is 2.96. The van der Waals surface area contributed by atoms with Crippen molar-refractivity contribution in [3.63, 3.8) is 0 Å². The molecule has 0 aromatic heterocycles. The van der Waals surface area contributed by atoms with Crippen molar-refractivity contribution in [2.75, 3.05) is 22.3 Å². The summed E-state index contributed by atoms with van der Waals surface area (Å²) in [4.78, 5) is 12.1. The number of sulfonamides is 1. The SMILES string of the molecule is CCS(=O)(=O)Nc1ccc(NC(=O)C2CCNC2C)cc1. The van der Waals surface area contributed by atoms with Gasteiger partial charge in [0.25, 0.3) is 0 Å². The number of carbonyl (C=O) groups excluding carboxylic acids is 1. The molecule has 116 valence electrons. The molecule has 1 aromatic rings. The van der Waals surface area contributed by atoms with Crippen LogP contribution in [-0.4, -0.2) is 32.7 Å². The van der Waals surface area contributed by atoms with Crippen LogP contribution in [0.25, 0.3) is 0 Å². The summed E-state index contributed by atoms with van der Waals surface area (Å²) in [5, 5.41) is 6.10. The number of hydrogen-bond donors (Lipinski definition) is 3. The van der Waals surface area contributed by atoms with Gasteiger partial charge in [0.2, 0.25) is 15.9 Å². The van der Waals surface area contributed by atoms with E-state index >= 15 is 0 Å². The van der Waals surface area contributed by atoms with Crippen molar-refractivity contribution in [1.29, 1.82) is 0 Å². The fraction of sp³-hybridized carbons (Fsp3) is 0.500. The number of anilines is 2. The van der Waals surface area contributed by atoms with Gasteiger partial charge in [0.15, 0.2) is 0 Å². The maximum atomic E-state index is 12.1. The van der Waals surface area contributed by atoms with Crippen LogP contribution < -0.4 is 15.4 Å². The molecule has 1 aromatic carbocycles. The van der Waals surface area contributed by atoms with E-state index in [1.807, 2.05) is 6.92 Å². The Bertz CT molecular complexity index is 598. The lowest BCUT2D eigenvalue weighted by Crippen LogP contribution is -2.32. The van der Waals surface area contributed by atoms with Crippen LogP contribution in [0.3, 0.4) is 0 Å². The molecule has 21 heavy (non-hydrogen) atoms. The molecule has 7 heteroatoms. The molecule has 0 saturated carbocycles. The Hall–Kier alpha value is -1.60. The van der Waals surface area contributed by atoms with Gasteiger partial charge in [-0.3, -0.25) is 9.52 Å². The minimum Gasteiger partial charge on any atom is -0.326 e. The van der Waals surface area contributed by atoms with Crippen LogP contribution in [0.1, 0.15) is 20.3 Å². The Labute approximate surface area is 125 Å². The third-order valence-corrected chi connectivity index (χ3v) is 4.97. The van der Waals surface area contributed by atoms with Crippen LogP contribution in [-0.2, 0) is 14.8 Å². The first-order valence-corrected chi connectivity index (χ1v) is 8.71. The molecular weight excluding hydrogens is 290 g/mol. The first kappa shape index (κ1) is 15.8. The van der Waals surface area contributed by atoms with Gasteiger partial charge in [0.05, 0.1) is 11.7 Å². The van der Waals surface area contributed by atoms with Crippen LogP contribution in [0.5, 0.6) is 0 Å². The van der Waals surface area contributed by atoms with Crippen molar-refractivity contribution in [2.45, 2.75) is 26.3 Å². The quantitative estimate of drug-likeness (QED) is 0.767. The molecule has 6 nitrogen and oxygen atoms in total. The molecule has 1 heterocycles. The van der Waals surface area contributed by atoms with Gasteiger partial charge < -0.3 is 10.6 Å². The zero-order valence-electron chi connectivity index (χ0n) is 12.2. The molecule has 1 saturated heterocycles. The van der Waals surface area contributed by atoms with Gasteiger partial charge in [-0.15, -0.1) is 0 Å². The maximum Gasteiger partial charge on any atom is 0.232 e. The maximum absolute atomic E-state index is 12.1. The second kappa shape index (κ2) is 6.44. The minimum atomic E-state index is -3.27. The van der Waals surface area contributed by atoms with Gasteiger partial charge in [-0.1, -0.05) is 0 Å². The third-order valence-electron chi connectivity index (χ3n) is 3.67. The third kappa shape index (κ3) is 4.18. The van der Waals surface area contributed by atoms with Crippen molar-refractivity contribution in [1.82, 2.24) is 5.32 Å². The first-order chi connectivity index (χ1) is 9.91. The van der Waals surface area contributed by atoms with E-state index in [4.69, 9.17) is 0 Å². The number of amides is 1. The molecule has 1 aliphatic rings. The number of rotatable bonds is 5. The molecule has 0 aliphatic carbocycles. The number of hydrogen-bond acceptors (Lipinski definition) is 4. The van der Waals surface area contributed by atoms with Gasteiger partial charge >= 0.3 is 0 Å². The number of carbonyl (C=O) groups is 1. The molecule has 1 aliphatic heterocycles. The van der Waals surface area contributed by atoms with Gasteiger partial charge in [-0.2, -0.15) is 0 Å². The molecule has 3 N–H and O–H groups in total. The lowest BCUT2D eigenvalue weighted by molar-refractivity contribution is -0.120. The van der Waals surface area contributed by atoms with Crippen LogP contribution >= 0.6 is 0 Å². The second-order valence-corrected chi connectivity index (χ2v) is 7.22. The van der Waals surface area contributed by atoms with E-state index in [1.165, 1.54) is 0 Å². The van der Waals surface area contributed by atoms with Crippen molar-refractivity contribution >= 4 is 27.3 Å². The Kier molecular flexibility index (Phi) is 4.84. The van der Waals surface area contributed by atoms with Crippen LogP contribution in [0.2, 0.25) is 0 Å². The fourth-order valence-electron chi connectivity index (χ4n) is 2.33. The summed E-state index contributed by atoms with van der Waals surface area (Å²) < 4.78 is 25.4. The zero-order chi connectivity index (χ0) is 15.5. The molecule has 2 atom stereocenters. The molecule has 0 bridgehead atoms. The molecule has 0 spiro atoms. The number of benzene rings is 1. The van der Waals surface area contributed by atoms with E-state index in [1.54, 1.807) is 31.2 Å². The highest BCUT2D eigenvalue weighted by Gasteiger charge is 2.29. The van der Waals surface area contributed by atoms with Crippen molar-refractivity contribution < 1.29 is 13.2 Å². The summed E-state index contributed by atoms with van der Waals surface area (Å²) in [5.74, 6) is -0.00410. The summed E-state index contributed by atoms with van der Waals surface area (Å²) >= 11 is 0. The number of nitrogens with one attached hydrogen (secondary N) is 3. The van der Waals surface area contributed by atoms with Gasteiger partial charge in [0, 0.05) is 17.4 Å². The van der Waals surface area contributed by atoms with Gasteiger partial charge in [-0.05, 0) is 51.1 Å². The first-order valence-electron chi connectivity index (χ1n) is 7.06. The second-order valence-electron chi connectivity index (χ2n) is 5.21. The molecular formula is C14H21N3O3S. The average Bonchev–Trinajstić information content (AvgIpc) is 2.87. The van der Waals surface area contributed by atoms with E-state index < -0.39 is 10.0 Å². The van der Waals surface area contributed by atoms with Crippen molar-refractivity contribution in [3.8, 4) is 0 Å². The molecule has 2 rings (SSSR count). The zero-order valence-corrected chi connectivity index (χ0v) is 13.0. The average molecular weight is 311 g/mol. The summed E-state index contributed by atoms with van der Waals surface area (Å²) in [6, 6.07) is 6.84. The smallest absolute Gasteiger partial charge is 0.232 e. The van der Waals surface area contributed by atoms with E-state index in [0.29, 0.717) is 11.4 Å². The summed E-state index contributed by atoms with van der Waals surface area (Å²) in [7, 11) is -3.27. The Morgan fingerprint density at radius 3 is 2.43 bits per heavy atom. The van der Waals surface area contributed by atoms with E-state index in [9.17, 15) is 13.2 Å². The molecule has 1 amide bonds. The monoisotopic (exact) mass is 311 g/mol.